The van der Waals surface area contributed by atoms with E-state index in [1.807, 2.05) is 48.5 Å². The Bertz CT molecular complexity index is 1170. The van der Waals surface area contributed by atoms with Crippen LogP contribution in [0, 0.1) is 10.5 Å². The molecule has 1 fully saturated rings. The van der Waals surface area contributed by atoms with Crippen molar-refractivity contribution in [1.82, 2.24) is 5.43 Å². The Morgan fingerprint density at radius 3 is 2.59 bits per heavy atom. The summed E-state index contributed by atoms with van der Waals surface area (Å²) in [6.07, 6.45) is 4.05. The Hall–Kier alpha value is -3.07. The molecule has 1 N–H and O–H groups in total. The van der Waals surface area contributed by atoms with Crippen LogP contribution in [0.5, 0.6) is 11.5 Å². The molecular formula is C27H28IN3O3. The highest BCUT2D eigenvalue weighted by Gasteiger charge is 2.14. The molecule has 0 bridgehead atoms. The topological polar surface area (TPSA) is 63.2 Å². The highest BCUT2D eigenvalue weighted by molar-refractivity contribution is 14.1. The smallest absolute Gasteiger partial charge is 0.271 e. The van der Waals surface area contributed by atoms with Crippen molar-refractivity contribution in [2.45, 2.75) is 26.4 Å². The number of anilines is 1. The number of nitrogens with one attached hydrogen (secondary N) is 1. The molecule has 0 aliphatic carbocycles. The van der Waals surface area contributed by atoms with Gasteiger partial charge in [-0.25, -0.2) is 5.43 Å². The van der Waals surface area contributed by atoms with Gasteiger partial charge in [-0.2, -0.15) is 5.10 Å². The molecule has 176 valence electrons. The lowest BCUT2D eigenvalue weighted by Gasteiger charge is -2.17. The molecule has 0 aromatic heterocycles. The first kappa shape index (κ1) is 24.1. The van der Waals surface area contributed by atoms with Gasteiger partial charge in [-0.15, -0.1) is 0 Å². The minimum absolute atomic E-state index is 0.246. The maximum atomic E-state index is 12.5. The van der Waals surface area contributed by atoms with Crippen molar-refractivity contribution in [1.29, 1.82) is 0 Å². The van der Waals surface area contributed by atoms with E-state index in [2.05, 4.69) is 57.1 Å². The number of hydrogen-bond acceptors (Lipinski definition) is 5. The maximum Gasteiger partial charge on any atom is 0.271 e. The third kappa shape index (κ3) is 6.08. The summed E-state index contributed by atoms with van der Waals surface area (Å²) < 4.78 is 12.5. The van der Waals surface area contributed by atoms with Crippen molar-refractivity contribution in [3.63, 3.8) is 0 Å². The molecular weight excluding hydrogens is 541 g/mol. The van der Waals surface area contributed by atoms with Gasteiger partial charge >= 0.3 is 0 Å². The molecule has 34 heavy (non-hydrogen) atoms. The van der Waals surface area contributed by atoms with Crippen molar-refractivity contribution in [2.24, 2.45) is 5.10 Å². The number of ether oxygens (including phenoxy) is 2. The second-order valence-corrected chi connectivity index (χ2v) is 9.41. The number of aryl methyl sites for hydroxylation is 1. The predicted molar refractivity (Wildman–Crippen MR) is 144 cm³/mol. The molecule has 6 nitrogen and oxygen atoms in total. The van der Waals surface area contributed by atoms with Gasteiger partial charge in [0.25, 0.3) is 5.91 Å². The van der Waals surface area contributed by atoms with Crippen LogP contribution in [-0.4, -0.2) is 32.3 Å². The summed E-state index contributed by atoms with van der Waals surface area (Å²) in [5.41, 5.74) is 7.42. The number of carbonyl (C=O) groups is 1. The minimum Gasteiger partial charge on any atom is -0.493 e. The number of hydrazone groups is 1. The van der Waals surface area contributed by atoms with Gasteiger partial charge in [-0.3, -0.25) is 4.79 Å². The average Bonchev–Trinajstić information content (AvgIpc) is 3.38. The van der Waals surface area contributed by atoms with Gasteiger partial charge < -0.3 is 14.4 Å². The van der Waals surface area contributed by atoms with E-state index in [0.717, 1.165) is 33.5 Å². The van der Waals surface area contributed by atoms with Crippen molar-refractivity contribution in [3.05, 3.63) is 86.5 Å². The molecule has 0 saturated carbocycles. The summed E-state index contributed by atoms with van der Waals surface area (Å²) in [6, 6.07) is 19.7. The summed E-state index contributed by atoms with van der Waals surface area (Å²) in [7, 11) is 1.61. The highest BCUT2D eigenvalue weighted by atomic mass is 127. The van der Waals surface area contributed by atoms with Gasteiger partial charge in [-0.05, 0) is 89.9 Å². The Balaban J connectivity index is 1.38. The molecule has 1 saturated heterocycles. The van der Waals surface area contributed by atoms with Gasteiger partial charge in [0.2, 0.25) is 0 Å². The van der Waals surface area contributed by atoms with Gasteiger partial charge in [0.15, 0.2) is 11.5 Å². The largest absolute Gasteiger partial charge is 0.493 e. The van der Waals surface area contributed by atoms with Gasteiger partial charge in [-0.1, -0.05) is 29.8 Å². The maximum absolute atomic E-state index is 12.5. The van der Waals surface area contributed by atoms with E-state index in [0.29, 0.717) is 23.7 Å². The van der Waals surface area contributed by atoms with Crippen LogP contribution in [0.1, 0.15) is 39.9 Å². The van der Waals surface area contributed by atoms with Crippen LogP contribution in [0.25, 0.3) is 0 Å². The highest BCUT2D eigenvalue weighted by Crippen LogP contribution is 2.34. The first-order chi connectivity index (χ1) is 16.5. The fourth-order valence-electron chi connectivity index (χ4n) is 3.94. The Kier molecular flexibility index (Phi) is 8.05. The molecule has 3 aromatic carbocycles. The lowest BCUT2D eigenvalue weighted by Crippen LogP contribution is -2.19. The second-order valence-electron chi connectivity index (χ2n) is 8.25. The molecule has 4 rings (SSSR count). The van der Waals surface area contributed by atoms with Crippen LogP contribution < -0.4 is 19.8 Å². The van der Waals surface area contributed by atoms with E-state index in [-0.39, 0.29) is 5.91 Å². The molecule has 1 aliphatic heterocycles. The van der Waals surface area contributed by atoms with Crippen LogP contribution in [-0.2, 0) is 6.61 Å². The minimum atomic E-state index is -0.246. The lowest BCUT2D eigenvalue weighted by molar-refractivity contribution is 0.0955. The van der Waals surface area contributed by atoms with Crippen molar-refractivity contribution in [3.8, 4) is 11.5 Å². The van der Waals surface area contributed by atoms with Crippen molar-refractivity contribution in [2.75, 3.05) is 25.1 Å². The molecule has 1 heterocycles. The van der Waals surface area contributed by atoms with Gasteiger partial charge in [0.05, 0.1) is 16.9 Å². The Morgan fingerprint density at radius 1 is 1.12 bits per heavy atom. The van der Waals surface area contributed by atoms with E-state index < -0.39 is 0 Å². The van der Waals surface area contributed by atoms with Crippen LogP contribution >= 0.6 is 22.6 Å². The molecule has 0 atom stereocenters. The lowest BCUT2D eigenvalue weighted by atomic mass is 10.1. The van der Waals surface area contributed by atoms with E-state index in [4.69, 9.17) is 9.47 Å². The summed E-state index contributed by atoms with van der Waals surface area (Å²) in [5.74, 6) is 1.05. The van der Waals surface area contributed by atoms with Crippen LogP contribution in [0.15, 0.2) is 65.8 Å². The monoisotopic (exact) mass is 569 g/mol. The fourth-order valence-corrected chi connectivity index (χ4v) is 4.72. The molecule has 1 aliphatic rings. The molecule has 7 heteroatoms. The van der Waals surface area contributed by atoms with E-state index in [9.17, 15) is 4.79 Å². The normalized spacial score (nSPS) is 13.3. The number of benzene rings is 3. The molecule has 1 amide bonds. The van der Waals surface area contributed by atoms with Gasteiger partial charge in [0, 0.05) is 24.3 Å². The molecule has 0 spiro atoms. The Labute approximate surface area is 214 Å². The number of carbonyl (C=O) groups excluding carboxylic acids is 1. The number of methoxy groups -OCH3 is 1. The third-order valence-electron chi connectivity index (χ3n) is 5.70. The quantitative estimate of drug-likeness (QED) is 0.220. The zero-order valence-electron chi connectivity index (χ0n) is 19.4. The SMILES string of the molecule is COc1cc(/C=N\NC(=O)c2ccc(N3CCCC3)cc2)cc(I)c1OCc1cccc(C)c1. The number of rotatable bonds is 8. The standard InChI is InChI=1S/C27H28IN3O3/c1-19-6-5-7-20(14-19)18-34-26-24(28)15-21(16-25(26)33-2)17-29-30-27(32)22-8-10-23(11-9-22)31-12-3-4-13-31/h5-11,14-17H,3-4,12-13,18H2,1-2H3,(H,30,32)/b29-17-. The van der Waals surface area contributed by atoms with E-state index >= 15 is 0 Å². The Morgan fingerprint density at radius 2 is 1.88 bits per heavy atom. The zero-order valence-corrected chi connectivity index (χ0v) is 21.5. The summed E-state index contributed by atoms with van der Waals surface area (Å²) in [4.78, 5) is 14.8. The van der Waals surface area contributed by atoms with E-state index in [1.54, 1.807) is 13.3 Å². The second kappa shape index (κ2) is 11.4. The number of hydrogen-bond donors (Lipinski definition) is 1. The number of amides is 1. The summed E-state index contributed by atoms with van der Waals surface area (Å²) >= 11 is 2.22. The fraction of sp³-hybridized carbons (Fsp3) is 0.259. The van der Waals surface area contributed by atoms with Crippen LogP contribution in [0.3, 0.4) is 0 Å². The van der Waals surface area contributed by atoms with Gasteiger partial charge in [0.1, 0.15) is 6.61 Å². The summed E-state index contributed by atoms with van der Waals surface area (Å²) in [6.45, 7) is 4.67. The zero-order chi connectivity index (χ0) is 23.9. The molecule has 0 radical (unpaired) electrons. The van der Waals surface area contributed by atoms with Crippen LogP contribution in [0.4, 0.5) is 5.69 Å². The number of halogens is 1. The average molecular weight is 569 g/mol. The van der Waals surface area contributed by atoms with Crippen molar-refractivity contribution < 1.29 is 14.3 Å². The van der Waals surface area contributed by atoms with Crippen molar-refractivity contribution >= 4 is 40.4 Å². The molecule has 3 aromatic rings. The first-order valence-corrected chi connectivity index (χ1v) is 12.4. The van der Waals surface area contributed by atoms with E-state index in [1.165, 1.54) is 18.4 Å². The third-order valence-corrected chi connectivity index (χ3v) is 6.50. The summed E-state index contributed by atoms with van der Waals surface area (Å²) in [5, 5.41) is 4.13. The number of nitrogens with zero attached hydrogens (tertiary/aromatic N) is 2. The first-order valence-electron chi connectivity index (χ1n) is 11.3. The van der Waals surface area contributed by atoms with Crippen LogP contribution in [0.2, 0.25) is 0 Å². The predicted octanol–water partition coefficient (Wildman–Crippen LogP) is 5.55. The molecule has 0 unspecified atom stereocenters.